The molecule has 1 aromatic carbocycles. The number of hydrogen-bond donors (Lipinski definition) is 1. The lowest BCUT2D eigenvalue weighted by atomic mass is 9.82. The first-order chi connectivity index (χ1) is 15.6. The Morgan fingerprint density at radius 1 is 1.33 bits per heavy atom. The Morgan fingerprint density at radius 2 is 2.09 bits per heavy atom. The van der Waals surface area contributed by atoms with Crippen molar-refractivity contribution in [3.63, 3.8) is 0 Å². The number of terminal acetylenes is 1. The monoisotopic (exact) mass is 472 g/mol. The van der Waals surface area contributed by atoms with E-state index in [1.54, 1.807) is 0 Å². The molecule has 1 unspecified atom stereocenters. The highest BCUT2D eigenvalue weighted by Gasteiger charge is 2.58. The number of ether oxygens (including phenoxy) is 1. The molecular formula is C23H22F2N4O3S. The normalized spacial score (nSPS) is 23.3. The third-order valence-corrected chi connectivity index (χ3v) is 8.85. The number of aliphatic imine (C=N–C) groups is 1. The van der Waals surface area contributed by atoms with Crippen molar-refractivity contribution >= 4 is 27.6 Å². The first-order valence-electron chi connectivity index (χ1n) is 10.2. The number of sulfone groups is 1. The highest BCUT2D eigenvalue weighted by molar-refractivity contribution is 7.93. The lowest BCUT2D eigenvalue weighted by Crippen LogP contribution is -2.61. The minimum atomic E-state index is -3.65. The molecule has 1 spiro atoms. The van der Waals surface area contributed by atoms with Gasteiger partial charge in [-0.3, -0.25) is 4.99 Å². The highest BCUT2D eigenvalue weighted by Crippen LogP contribution is 2.47. The average Bonchev–Trinajstić information content (AvgIpc) is 2.71. The Labute approximate surface area is 190 Å². The summed E-state index contributed by atoms with van der Waals surface area (Å²) in [5.74, 6) is 0.697. The molecule has 0 saturated heterocycles. The summed E-state index contributed by atoms with van der Waals surface area (Å²) in [7, 11) is -3.65. The van der Waals surface area contributed by atoms with Gasteiger partial charge in [-0.1, -0.05) is 12.0 Å². The van der Waals surface area contributed by atoms with Crippen molar-refractivity contribution in [3.8, 4) is 18.2 Å². The molecule has 1 aliphatic carbocycles. The third kappa shape index (κ3) is 3.97. The van der Waals surface area contributed by atoms with E-state index >= 15 is 0 Å². The van der Waals surface area contributed by atoms with Crippen LogP contribution < -0.4 is 10.5 Å². The van der Waals surface area contributed by atoms with Crippen LogP contribution >= 0.6 is 0 Å². The zero-order chi connectivity index (χ0) is 23.9. The van der Waals surface area contributed by atoms with Gasteiger partial charge in [0.25, 0.3) is 0 Å². The molecular weight excluding hydrogens is 450 g/mol. The molecule has 0 amide bonds. The van der Waals surface area contributed by atoms with E-state index in [2.05, 4.69) is 20.9 Å². The van der Waals surface area contributed by atoms with Gasteiger partial charge in [-0.15, -0.1) is 6.42 Å². The van der Waals surface area contributed by atoms with Crippen molar-refractivity contribution in [2.45, 2.75) is 36.5 Å². The van der Waals surface area contributed by atoms with Gasteiger partial charge in [0.05, 0.1) is 18.1 Å². The van der Waals surface area contributed by atoms with Crippen molar-refractivity contribution < 1.29 is 21.9 Å². The van der Waals surface area contributed by atoms with Crippen molar-refractivity contribution in [1.29, 1.82) is 0 Å². The number of nitrogens with zero attached hydrogens (tertiary/aromatic N) is 3. The van der Waals surface area contributed by atoms with E-state index in [0.29, 0.717) is 18.4 Å². The van der Waals surface area contributed by atoms with Crippen LogP contribution in [-0.2, 0) is 15.4 Å². The smallest absolute Gasteiger partial charge is 0.233 e. The molecule has 2 N–H and O–H groups in total. The summed E-state index contributed by atoms with van der Waals surface area (Å²) >= 11 is 0. The molecule has 1 saturated carbocycles. The highest BCUT2D eigenvalue weighted by atomic mass is 32.2. The van der Waals surface area contributed by atoms with E-state index in [0.717, 1.165) is 18.6 Å². The zero-order valence-electron chi connectivity index (χ0n) is 17.9. The number of nitrogens with two attached hydrogens (primary N) is 1. The molecule has 1 aliphatic heterocycles. The van der Waals surface area contributed by atoms with Gasteiger partial charge >= 0.3 is 0 Å². The average molecular weight is 473 g/mol. The van der Waals surface area contributed by atoms with Crippen LogP contribution in [0.5, 0.6) is 5.88 Å². The van der Waals surface area contributed by atoms with Crippen molar-refractivity contribution in [2.24, 2.45) is 10.7 Å². The first-order valence-corrected chi connectivity index (χ1v) is 11.9. The van der Waals surface area contributed by atoms with Crippen LogP contribution in [0.2, 0.25) is 0 Å². The second-order valence-electron chi connectivity index (χ2n) is 8.34. The van der Waals surface area contributed by atoms with Crippen LogP contribution in [0.3, 0.4) is 0 Å². The van der Waals surface area contributed by atoms with Gasteiger partial charge in [0.15, 0.2) is 22.3 Å². The second-order valence-corrected chi connectivity index (χ2v) is 10.6. The Balaban J connectivity index is 1.67. The number of aromatic nitrogens is 2. The van der Waals surface area contributed by atoms with Gasteiger partial charge in [-0.25, -0.2) is 27.2 Å². The van der Waals surface area contributed by atoms with Gasteiger partial charge in [0.1, 0.15) is 27.6 Å². The molecule has 10 heteroatoms. The van der Waals surface area contributed by atoms with E-state index < -0.39 is 31.8 Å². The standard InChI is InChI=1S/C23H22F2N4O3S/c1-3-9-32-20-13-27-19(12-28-20)18(25)11-15-5-6-17(24)16(10-15)22(2)14-33(30,31)23(7-4-8-23)21(26)29-22/h1,5-6,10-13H,4,7-9,14H2,2H3,(H2,26,29). The molecule has 2 aromatic rings. The SMILES string of the molecule is C#CCOc1cnc(C(F)=Cc2ccc(F)c(C3(C)CS(=O)(=O)C4(CCC4)C(N)=N3)c2)cn1. The summed E-state index contributed by atoms with van der Waals surface area (Å²) in [6.07, 6.45) is 10.3. The summed E-state index contributed by atoms with van der Waals surface area (Å²) in [6, 6.07) is 3.89. The Hall–Kier alpha value is -3.32. The largest absolute Gasteiger partial charge is 0.463 e. The van der Waals surface area contributed by atoms with Crippen LogP contribution in [-0.4, -0.2) is 41.3 Å². The van der Waals surface area contributed by atoms with Crippen LogP contribution in [0.1, 0.15) is 43.0 Å². The molecule has 0 radical (unpaired) electrons. The molecule has 1 aromatic heterocycles. The maximum Gasteiger partial charge on any atom is 0.233 e. The van der Waals surface area contributed by atoms with Crippen molar-refractivity contribution in [1.82, 2.24) is 9.97 Å². The topological polar surface area (TPSA) is 108 Å². The van der Waals surface area contributed by atoms with E-state index in [-0.39, 0.29) is 35.3 Å². The third-order valence-electron chi connectivity index (χ3n) is 6.10. The van der Waals surface area contributed by atoms with Crippen LogP contribution in [0.15, 0.2) is 35.6 Å². The molecule has 7 nitrogen and oxygen atoms in total. The van der Waals surface area contributed by atoms with Crippen molar-refractivity contribution in [2.75, 3.05) is 12.4 Å². The summed E-state index contributed by atoms with van der Waals surface area (Å²) in [6.45, 7) is 1.53. The fourth-order valence-electron chi connectivity index (χ4n) is 4.17. The maximum absolute atomic E-state index is 14.8. The van der Waals surface area contributed by atoms with Gasteiger partial charge in [-0.05, 0) is 50.0 Å². The van der Waals surface area contributed by atoms with Crippen LogP contribution in [0, 0.1) is 18.2 Å². The van der Waals surface area contributed by atoms with E-state index in [9.17, 15) is 17.2 Å². The van der Waals surface area contributed by atoms with E-state index in [4.69, 9.17) is 16.9 Å². The maximum atomic E-state index is 14.8. The van der Waals surface area contributed by atoms with Crippen molar-refractivity contribution in [3.05, 3.63) is 53.2 Å². The Kier molecular flexibility index (Phi) is 5.70. The summed E-state index contributed by atoms with van der Waals surface area (Å²) in [4.78, 5) is 12.3. The lowest BCUT2D eigenvalue weighted by molar-refractivity contribution is 0.353. The molecule has 2 aliphatic rings. The molecule has 2 heterocycles. The molecule has 4 rings (SSSR count). The summed E-state index contributed by atoms with van der Waals surface area (Å²) in [5.41, 5.74) is 4.93. The molecule has 172 valence electrons. The van der Waals surface area contributed by atoms with E-state index in [1.807, 2.05) is 0 Å². The lowest BCUT2D eigenvalue weighted by Gasteiger charge is -2.46. The predicted octanol–water partition coefficient (Wildman–Crippen LogP) is 3.02. The first kappa shape index (κ1) is 22.9. The van der Waals surface area contributed by atoms with Gasteiger partial charge < -0.3 is 10.5 Å². The number of halogens is 2. The van der Waals surface area contributed by atoms with Gasteiger partial charge in [0, 0.05) is 5.56 Å². The molecule has 33 heavy (non-hydrogen) atoms. The Morgan fingerprint density at radius 3 is 2.67 bits per heavy atom. The minimum Gasteiger partial charge on any atom is -0.463 e. The van der Waals surface area contributed by atoms with Gasteiger partial charge in [0.2, 0.25) is 5.88 Å². The fraction of sp³-hybridized carbons (Fsp3) is 0.348. The number of amidine groups is 1. The Bertz CT molecular complexity index is 1300. The quantitative estimate of drug-likeness (QED) is 0.671. The summed E-state index contributed by atoms with van der Waals surface area (Å²) in [5, 5.41) is 0. The number of hydrogen-bond acceptors (Lipinski definition) is 7. The van der Waals surface area contributed by atoms with Gasteiger partial charge in [-0.2, -0.15) is 0 Å². The second kappa shape index (κ2) is 8.23. The fourth-order valence-corrected chi connectivity index (χ4v) is 6.68. The minimum absolute atomic E-state index is 0.00725. The number of rotatable bonds is 5. The molecule has 1 fully saturated rings. The number of benzene rings is 1. The zero-order valence-corrected chi connectivity index (χ0v) is 18.7. The summed E-state index contributed by atoms with van der Waals surface area (Å²) < 4.78 is 59.6. The molecule has 0 bridgehead atoms. The van der Waals surface area contributed by atoms with Crippen LogP contribution in [0.25, 0.3) is 11.9 Å². The van der Waals surface area contributed by atoms with E-state index in [1.165, 1.54) is 31.5 Å². The molecule has 1 atom stereocenters. The van der Waals surface area contributed by atoms with Crippen LogP contribution in [0.4, 0.5) is 8.78 Å². The predicted molar refractivity (Wildman–Crippen MR) is 121 cm³/mol.